The van der Waals surface area contributed by atoms with Gasteiger partial charge in [-0.1, -0.05) is 30.3 Å². The average Bonchev–Trinajstić information content (AvgIpc) is 2.63. The molecule has 23 heavy (non-hydrogen) atoms. The number of carbonyl (C=O) groups is 1. The van der Waals surface area contributed by atoms with Crippen LogP contribution in [0.3, 0.4) is 0 Å². The first-order valence-corrected chi connectivity index (χ1v) is 8.36. The van der Waals surface area contributed by atoms with Gasteiger partial charge >= 0.3 is 0 Å². The van der Waals surface area contributed by atoms with Crippen LogP contribution in [0.1, 0.15) is 35.3 Å². The highest BCUT2D eigenvalue weighted by atomic mass is 16.1. The molecule has 0 spiro atoms. The van der Waals surface area contributed by atoms with Gasteiger partial charge in [-0.25, -0.2) is 0 Å². The van der Waals surface area contributed by atoms with E-state index in [1.165, 1.54) is 24.8 Å². The van der Waals surface area contributed by atoms with Gasteiger partial charge in [-0.3, -0.25) is 9.78 Å². The van der Waals surface area contributed by atoms with E-state index < -0.39 is 0 Å². The minimum absolute atomic E-state index is 0.0974. The number of hydrogen-bond acceptors (Lipinski definition) is 3. The maximum atomic E-state index is 12.3. The summed E-state index contributed by atoms with van der Waals surface area (Å²) in [6, 6.07) is 14.1. The molecule has 1 aliphatic rings. The number of hydrogen-bond donors (Lipinski definition) is 1. The zero-order chi connectivity index (χ0) is 15.9. The third-order valence-corrected chi connectivity index (χ3v) is 4.24. The van der Waals surface area contributed by atoms with E-state index in [1.54, 1.807) is 6.20 Å². The quantitative estimate of drug-likeness (QED) is 0.923. The Hall–Kier alpha value is -2.36. The summed E-state index contributed by atoms with van der Waals surface area (Å²) in [5, 5.41) is 2.96. The Morgan fingerprint density at radius 1 is 1.09 bits per heavy atom. The van der Waals surface area contributed by atoms with Crippen molar-refractivity contribution in [2.24, 2.45) is 0 Å². The molecular formula is C19H23N3O. The predicted molar refractivity (Wildman–Crippen MR) is 92.8 cm³/mol. The summed E-state index contributed by atoms with van der Waals surface area (Å²) in [7, 11) is 0. The third-order valence-electron chi connectivity index (χ3n) is 4.24. The Balaban J connectivity index is 1.56. The second kappa shape index (κ2) is 7.77. The van der Waals surface area contributed by atoms with Crippen molar-refractivity contribution in [3.05, 3.63) is 59.9 Å². The van der Waals surface area contributed by atoms with Crippen molar-refractivity contribution in [3.63, 3.8) is 0 Å². The summed E-state index contributed by atoms with van der Waals surface area (Å²) in [6.45, 7) is 2.76. The molecule has 2 heterocycles. The van der Waals surface area contributed by atoms with Crippen LogP contribution >= 0.6 is 0 Å². The standard InChI is InChI=1S/C19H23N3O/c23-19(21-11-9-16-7-3-1-4-8-16)18-15-17(10-12-20-18)22-13-5-2-6-14-22/h1,3-4,7-8,10,12,15H,2,5-6,9,11,13-14H2,(H,21,23). The van der Waals surface area contributed by atoms with Gasteiger partial charge in [-0.2, -0.15) is 0 Å². The normalized spacial score (nSPS) is 14.5. The van der Waals surface area contributed by atoms with E-state index in [4.69, 9.17) is 0 Å². The number of nitrogens with one attached hydrogen (secondary N) is 1. The maximum Gasteiger partial charge on any atom is 0.269 e. The van der Waals surface area contributed by atoms with E-state index >= 15 is 0 Å². The van der Waals surface area contributed by atoms with Gasteiger partial charge in [0.2, 0.25) is 0 Å². The van der Waals surface area contributed by atoms with E-state index in [1.807, 2.05) is 30.3 Å². The van der Waals surface area contributed by atoms with Gasteiger partial charge in [0.05, 0.1) is 0 Å². The number of nitrogens with zero attached hydrogens (tertiary/aromatic N) is 2. The fraction of sp³-hybridized carbons (Fsp3) is 0.368. The van der Waals surface area contributed by atoms with Gasteiger partial charge < -0.3 is 10.2 Å². The number of amides is 1. The molecule has 4 nitrogen and oxygen atoms in total. The highest BCUT2D eigenvalue weighted by molar-refractivity contribution is 5.93. The van der Waals surface area contributed by atoms with E-state index in [0.29, 0.717) is 12.2 Å². The lowest BCUT2D eigenvalue weighted by Crippen LogP contribution is -2.30. The van der Waals surface area contributed by atoms with Gasteiger partial charge in [0, 0.05) is 31.5 Å². The van der Waals surface area contributed by atoms with Crippen LogP contribution in [0.2, 0.25) is 0 Å². The van der Waals surface area contributed by atoms with Crippen molar-refractivity contribution in [1.82, 2.24) is 10.3 Å². The lowest BCUT2D eigenvalue weighted by atomic mass is 10.1. The summed E-state index contributed by atoms with van der Waals surface area (Å²) in [5.74, 6) is -0.0974. The van der Waals surface area contributed by atoms with Crippen molar-refractivity contribution in [3.8, 4) is 0 Å². The van der Waals surface area contributed by atoms with Crippen LogP contribution in [0, 0.1) is 0 Å². The van der Waals surface area contributed by atoms with Crippen molar-refractivity contribution in [2.45, 2.75) is 25.7 Å². The molecule has 1 aromatic carbocycles. The smallest absolute Gasteiger partial charge is 0.269 e. The SMILES string of the molecule is O=C(NCCc1ccccc1)c1cc(N2CCCCC2)ccn1. The summed E-state index contributed by atoms with van der Waals surface area (Å²) < 4.78 is 0. The minimum Gasteiger partial charge on any atom is -0.371 e. The number of pyridine rings is 1. The molecule has 4 heteroatoms. The van der Waals surface area contributed by atoms with E-state index in [0.717, 1.165) is 25.2 Å². The predicted octanol–water partition coefficient (Wildman–Crippen LogP) is 3.04. The molecule has 0 unspecified atom stereocenters. The molecule has 1 aliphatic heterocycles. The van der Waals surface area contributed by atoms with Gasteiger partial charge in [0.1, 0.15) is 5.69 Å². The van der Waals surface area contributed by atoms with Crippen LogP contribution in [0.5, 0.6) is 0 Å². The molecule has 0 aliphatic carbocycles. The molecule has 1 saturated heterocycles. The minimum atomic E-state index is -0.0974. The van der Waals surface area contributed by atoms with Gasteiger partial charge in [0.15, 0.2) is 0 Å². The number of rotatable bonds is 5. The molecule has 0 radical (unpaired) electrons. The molecule has 0 bridgehead atoms. The largest absolute Gasteiger partial charge is 0.371 e. The van der Waals surface area contributed by atoms with E-state index in [-0.39, 0.29) is 5.91 Å². The molecular weight excluding hydrogens is 286 g/mol. The summed E-state index contributed by atoms with van der Waals surface area (Å²) in [4.78, 5) is 18.8. The Morgan fingerprint density at radius 3 is 2.65 bits per heavy atom. The molecule has 1 amide bonds. The highest BCUT2D eigenvalue weighted by Gasteiger charge is 2.13. The molecule has 0 saturated carbocycles. The van der Waals surface area contributed by atoms with Crippen LogP contribution in [-0.4, -0.2) is 30.5 Å². The summed E-state index contributed by atoms with van der Waals surface area (Å²) in [5.41, 5.74) is 2.83. The number of carbonyl (C=O) groups excluding carboxylic acids is 1. The van der Waals surface area contributed by atoms with Crippen LogP contribution in [0.25, 0.3) is 0 Å². The van der Waals surface area contributed by atoms with Crippen molar-refractivity contribution >= 4 is 11.6 Å². The average molecular weight is 309 g/mol. The van der Waals surface area contributed by atoms with E-state index in [9.17, 15) is 4.79 Å². The number of anilines is 1. The zero-order valence-corrected chi connectivity index (χ0v) is 13.4. The highest BCUT2D eigenvalue weighted by Crippen LogP contribution is 2.19. The molecule has 120 valence electrons. The van der Waals surface area contributed by atoms with Crippen molar-refractivity contribution in [2.75, 3.05) is 24.5 Å². The Kier molecular flexibility index (Phi) is 5.25. The van der Waals surface area contributed by atoms with Crippen LogP contribution in [-0.2, 0) is 6.42 Å². The topological polar surface area (TPSA) is 45.2 Å². The lowest BCUT2D eigenvalue weighted by molar-refractivity contribution is 0.0949. The van der Waals surface area contributed by atoms with Crippen molar-refractivity contribution < 1.29 is 4.79 Å². The molecule has 1 aromatic heterocycles. The molecule has 1 fully saturated rings. The molecule has 0 atom stereocenters. The first-order valence-electron chi connectivity index (χ1n) is 8.36. The van der Waals surface area contributed by atoms with Crippen LogP contribution in [0.4, 0.5) is 5.69 Å². The van der Waals surface area contributed by atoms with Gasteiger partial charge in [0.25, 0.3) is 5.91 Å². The summed E-state index contributed by atoms with van der Waals surface area (Å²) >= 11 is 0. The van der Waals surface area contributed by atoms with Crippen molar-refractivity contribution in [1.29, 1.82) is 0 Å². The van der Waals surface area contributed by atoms with Gasteiger partial charge in [-0.05, 0) is 43.4 Å². The Bertz CT molecular complexity index is 636. The summed E-state index contributed by atoms with van der Waals surface area (Å²) in [6.07, 6.45) is 6.31. The number of benzene rings is 1. The first-order chi connectivity index (χ1) is 11.3. The zero-order valence-electron chi connectivity index (χ0n) is 13.4. The monoisotopic (exact) mass is 309 g/mol. The van der Waals surface area contributed by atoms with Crippen LogP contribution in [0.15, 0.2) is 48.7 Å². The lowest BCUT2D eigenvalue weighted by Gasteiger charge is -2.28. The maximum absolute atomic E-state index is 12.3. The number of aromatic nitrogens is 1. The second-order valence-corrected chi connectivity index (χ2v) is 5.94. The fourth-order valence-electron chi connectivity index (χ4n) is 2.95. The third kappa shape index (κ3) is 4.31. The second-order valence-electron chi connectivity index (χ2n) is 5.94. The Labute approximate surface area is 137 Å². The fourth-order valence-corrected chi connectivity index (χ4v) is 2.95. The van der Waals surface area contributed by atoms with E-state index in [2.05, 4.69) is 27.3 Å². The molecule has 1 N–H and O–H groups in total. The first kappa shape index (κ1) is 15.5. The Morgan fingerprint density at radius 2 is 1.87 bits per heavy atom. The van der Waals surface area contributed by atoms with Gasteiger partial charge in [-0.15, -0.1) is 0 Å². The van der Waals surface area contributed by atoms with Crippen LogP contribution < -0.4 is 10.2 Å². The number of piperidine rings is 1. The molecule has 3 rings (SSSR count). The molecule has 2 aromatic rings.